The maximum absolute atomic E-state index is 13.2. The summed E-state index contributed by atoms with van der Waals surface area (Å²) in [5.41, 5.74) is 3.15. The Kier molecular flexibility index (Phi) is 5.19. The zero-order valence-corrected chi connectivity index (χ0v) is 17.6. The first-order valence-electron chi connectivity index (χ1n) is 11.3. The Bertz CT molecular complexity index is 972. The number of piperazine rings is 1. The van der Waals surface area contributed by atoms with Crippen LogP contribution in [0.25, 0.3) is 0 Å². The van der Waals surface area contributed by atoms with Crippen LogP contribution in [0.15, 0.2) is 41.2 Å². The van der Waals surface area contributed by atoms with Gasteiger partial charge < -0.3 is 4.90 Å². The Hall–Kier alpha value is -2.47. The Morgan fingerprint density at radius 3 is 2.43 bits per heavy atom. The lowest BCUT2D eigenvalue weighted by Crippen LogP contribution is -2.52. The molecule has 0 N–H and O–H groups in total. The molecule has 2 aromatic rings. The summed E-state index contributed by atoms with van der Waals surface area (Å²) in [5, 5.41) is 4.63. The van der Waals surface area contributed by atoms with Gasteiger partial charge in [-0.3, -0.25) is 14.5 Å². The van der Waals surface area contributed by atoms with E-state index in [4.69, 9.17) is 0 Å². The van der Waals surface area contributed by atoms with Crippen LogP contribution in [0, 0.1) is 0 Å². The van der Waals surface area contributed by atoms with E-state index in [0.29, 0.717) is 12.5 Å². The molecule has 0 spiro atoms. The van der Waals surface area contributed by atoms with E-state index in [9.17, 15) is 9.59 Å². The smallest absolute Gasteiger partial charge is 0.267 e. The van der Waals surface area contributed by atoms with Gasteiger partial charge in [0.2, 0.25) is 5.91 Å². The minimum Gasteiger partial charge on any atom is -0.339 e. The van der Waals surface area contributed by atoms with Crippen LogP contribution in [0.1, 0.15) is 42.5 Å². The van der Waals surface area contributed by atoms with Gasteiger partial charge in [0, 0.05) is 38.8 Å². The van der Waals surface area contributed by atoms with E-state index in [-0.39, 0.29) is 11.0 Å². The molecule has 1 saturated heterocycles. The molecule has 0 bridgehead atoms. The number of nitrogens with zero attached hydrogens (tertiary/aromatic N) is 4. The number of carbonyl (C=O) groups excluding carboxylic acids is 1. The van der Waals surface area contributed by atoms with Gasteiger partial charge in [-0.2, -0.15) is 5.10 Å². The third kappa shape index (κ3) is 3.69. The van der Waals surface area contributed by atoms with Gasteiger partial charge in [-0.05, 0) is 49.7 Å². The average molecular weight is 407 g/mol. The third-order valence-corrected chi connectivity index (χ3v) is 7.05. The Labute approximate surface area is 177 Å². The molecule has 0 radical (unpaired) electrons. The van der Waals surface area contributed by atoms with Crippen molar-refractivity contribution in [3.05, 3.63) is 63.6 Å². The first-order chi connectivity index (χ1) is 14.7. The molecule has 0 atom stereocenters. The summed E-state index contributed by atoms with van der Waals surface area (Å²) in [6, 6.07) is 12.0. The highest BCUT2D eigenvalue weighted by atomic mass is 16.2. The summed E-state index contributed by atoms with van der Waals surface area (Å²) >= 11 is 0. The minimum absolute atomic E-state index is 0.0167. The maximum Gasteiger partial charge on any atom is 0.267 e. The summed E-state index contributed by atoms with van der Waals surface area (Å²) in [7, 11) is 0. The molecule has 1 aromatic heterocycles. The molecule has 2 aliphatic carbocycles. The molecule has 6 heteroatoms. The number of hydrogen-bond donors (Lipinski definition) is 0. The fourth-order valence-corrected chi connectivity index (χ4v) is 4.98. The van der Waals surface area contributed by atoms with Crippen molar-refractivity contribution < 1.29 is 4.79 Å². The minimum atomic E-state index is -0.274. The fourth-order valence-electron chi connectivity index (χ4n) is 4.98. The predicted molar refractivity (Wildman–Crippen MR) is 116 cm³/mol. The summed E-state index contributed by atoms with van der Waals surface area (Å²) in [4.78, 5) is 30.0. The molecule has 5 rings (SSSR count). The molecule has 6 nitrogen and oxygen atoms in total. The zero-order chi connectivity index (χ0) is 20.6. The lowest BCUT2D eigenvalue weighted by Gasteiger charge is -2.36. The quantitative estimate of drug-likeness (QED) is 0.762. The Morgan fingerprint density at radius 2 is 1.70 bits per heavy atom. The van der Waals surface area contributed by atoms with Crippen molar-refractivity contribution in [3.63, 3.8) is 0 Å². The first-order valence-corrected chi connectivity index (χ1v) is 11.3. The SMILES string of the molecule is O=C(N1CCN(CCn2nc3c(cc2=O)CCCC3)CC1)C1(c2ccccc2)CC1. The van der Waals surface area contributed by atoms with Crippen LogP contribution in [0.4, 0.5) is 0 Å². The van der Waals surface area contributed by atoms with E-state index in [1.807, 2.05) is 23.1 Å². The number of carbonyl (C=O) groups is 1. The molecule has 158 valence electrons. The Balaban J connectivity index is 1.16. The summed E-state index contributed by atoms with van der Waals surface area (Å²) < 4.78 is 1.64. The lowest BCUT2D eigenvalue weighted by molar-refractivity contribution is -0.135. The largest absolute Gasteiger partial charge is 0.339 e. The van der Waals surface area contributed by atoms with Gasteiger partial charge in [0.1, 0.15) is 0 Å². The molecule has 0 unspecified atom stereocenters. The van der Waals surface area contributed by atoms with Crippen molar-refractivity contribution in [3.8, 4) is 0 Å². The van der Waals surface area contributed by atoms with Crippen molar-refractivity contribution in [1.82, 2.24) is 19.6 Å². The van der Waals surface area contributed by atoms with Crippen LogP contribution in [0.3, 0.4) is 0 Å². The normalized spacial score (nSPS) is 20.6. The van der Waals surface area contributed by atoms with Crippen molar-refractivity contribution in [2.75, 3.05) is 32.7 Å². The number of hydrogen-bond acceptors (Lipinski definition) is 4. The van der Waals surface area contributed by atoms with Gasteiger partial charge in [0.15, 0.2) is 0 Å². The van der Waals surface area contributed by atoms with Gasteiger partial charge in [-0.25, -0.2) is 4.68 Å². The van der Waals surface area contributed by atoms with Gasteiger partial charge >= 0.3 is 0 Å². The van der Waals surface area contributed by atoms with Gasteiger partial charge in [0.25, 0.3) is 5.56 Å². The summed E-state index contributed by atoms with van der Waals surface area (Å²) in [6.07, 6.45) is 6.22. The number of amides is 1. The third-order valence-electron chi connectivity index (χ3n) is 7.05. The van der Waals surface area contributed by atoms with Gasteiger partial charge in [-0.1, -0.05) is 30.3 Å². The second kappa shape index (κ2) is 7.99. The number of aryl methyl sites for hydroxylation is 2. The molecule has 1 aliphatic heterocycles. The topological polar surface area (TPSA) is 58.4 Å². The standard InChI is InChI=1S/C24H30N4O2/c29-22-18-19-6-4-5-9-21(19)25-28(22)17-14-26-12-15-27(16-13-26)23(30)24(10-11-24)20-7-2-1-3-8-20/h1-3,7-8,18H,4-6,9-17H2. The number of fused-ring (bicyclic) bond motifs is 1. The van der Waals surface area contributed by atoms with Gasteiger partial charge in [0.05, 0.1) is 17.7 Å². The highest BCUT2D eigenvalue weighted by Gasteiger charge is 2.53. The van der Waals surface area contributed by atoms with E-state index in [1.54, 1.807) is 10.7 Å². The Morgan fingerprint density at radius 1 is 0.967 bits per heavy atom. The molecule has 1 aromatic carbocycles. The summed E-state index contributed by atoms with van der Waals surface area (Å²) in [5.74, 6) is 0.293. The molecular weight excluding hydrogens is 376 g/mol. The number of rotatable bonds is 5. The number of aromatic nitrogens is 2. The van der Waals surface area contributed by atoms with Crippen LogP contribution >= 0.6 is 0 Å². The van der Waals surface area contributed by atoms with Crippen molar-refractivity contribution >= 4 is 5.91 Å². The van der Waals surface area contributed by atoms with Crippen LogP contribution < -0.4 is 5.56 Å². The fraction of sp³-hybridized carbons (Fsp3) is 0.542. The van der Waals surface area contributed by atoms with E-state index in [0.717, 1.165) is 81.6 Å². The van der Waals surface area contributed by atoms with Crippen LogP contribution in [0.2, 0.25) is 0 Å². The van der Waals surface area contributed by atoms with Crippen LogP contribution in [0.5, 0.6) is 0 Å². The monoisotopic (exact) mass is 406 g/mol. The molecule has 1 saturated carbocycles. The molecule has 1 amide bonds. The molecule has 2 heterocycles. The maximum atomic E-state index is 13.2. The first kappa shape index (κ1) is 19.5. The van der Waals surface area contributed by atoms with Gasteiger partial charge in [-0.15, -0.1) is 0 Å². The highest BCUT2D eigenvalue weighted by Crippen LogP contribution is 2.49. The van der Waals surface area contributed by atoms with Crippen molar-refractivity contribution in [1.29, 1.82) is 0 Å². The van der Waals surface area contributed by atoms with Crippen molar-refractivity contribution in [2.24, 2.45) is 0 Å². The molecule has 3 aliphatic rings. The van der Waals surface area contributed by atoms with E-state index in [1.165, 1.54) is 6.42 Å². The molecule has 30 heavy (non-hydrogen) atoms. The van der Waals surface area contributed by atoms with E-state index < -0.39 is 0 Å². The van der Waals surface area contributed by atoms with Crippen LogP contribution in [-0.4, -0.2) is 58.2 Å². The average Bonchev–Trinajstić information content (AvgIpc) is 3.60. The predicted octanol–water partition coefficient (Wildman–Crippen LogP) is 2.00. The molecular formula is C24H30N4O2. The number of benzene rings is 1. The highest BCUT2D eigenvalue weighted by molar-refractivity contribution is 5.91. The van der Waals surface area contributed by atoms with E-state index in [2.05, 4.69) is 22.1 Å². The second-order valence-electron chi connectivity index (χ2n) is 8.97. The lowest BCUT2D eigenvalue weighted by atomic mass is 9.94. The molecule has 2 fully saturated rings. The summed E-state index contributed by atoms with van der Waals surface area (Å²) in [6.45, 7) is 4.66. The van der Waals surface area contributed by atoms with Crippen LogP contribution in [-0.2, 0) is 29.6 Å². The van der Waals surface area contributed by atoms with E-state index >= 15 is 0 Å². The van der Waals surface area contributed by atoms with Crippen molar-refractivity contribution in [2.45, 2.75) is 50.5 Å². The zero-order valence-electron chi connectivity index (χ0n) is 17.6. The second-order valence-corrected chi connectivity index (χ2v) is 8.97.